The molecule has 1 N–H and O–H groups in total. The predicted octanol–water partition coefficient (Wildman–Crippen LogP) is 1.14. The van der Waals surface area contributed by atoms with Crippen molar-refractivity contribution in [2.75, 3.05) is 38.8 Å². The molecule has 6 nitrogen and oxygen atoms in total. The van der Waals surface area contributed by atoms with Crippen LogP contribution in [0.2, 0.25) is 0 Å². The van der Waals surface area contributed by atoms with Crippen LogP contribution in [0.5, 0.6) is 0 Å². The van der Waals surface area contributed by atoms with Crippen molar-refractivity contribution in [1.82, 2.24) is 14.7 Å². The van der Waals surface area contributed by atoms with E-state index < -0.39 is 10.8 Å². The molecule has 1 heterocycles. The molecular weight excluding hydrogens is 356 g/mol. The molecular formula is C13H23BrN4O2S. The summed E-state index contributed by atoms with van der Waals surface area (Å²) in [6.45, 7) is 3.91. The van der Waals surface area contributed by atoms with Crippen LogP contribution in [0, 0.1) is 0 Å². The Bertz CT molecular complexity index is 547. The topological polar surface area (TPSA) is 67.2 Å². The fourth-order valence-electron chi connectivity index (χ4n) is 1.62. The normalized spacial score (nSPS) is 14.2. The number of hydrogen-bond acceptors (Lipinski definition) is 5. The van der Waals surface area contributed by atoms with E-state index in [0.29, 0.717) is 23.2 Å². The summed E-state index contributed by atoms with van der Waals surface area (Å²) < 4.78 is 13.2. The molecule has 2 atom stereocenters. The minimum atomic E-state index is -0.827. The Morgan fingerprint density at radius 2 is 2.19 bits per heavy atom. The summed E-state index contributed by atoms with van der Waals surface area (Å²) >= 11 is 3.32. The second kappa shape index (κ2) is 8.65. The highest BCUT2D eigenvalue weighted by Crippen LogP contribution is 2.16. The summed E-state index contributed by atoms with van der Waals surface area (Å²) in [6.07, 6.45) is 4.13. The second-order valence-corrected chi connectivity index (χ2v) is 7.82. The summed E-state index contributed by atoms with van der Waals surface area (Å²) in [5.74, 6) is 0. The first-order valence-corrected chi connectivity index (χ1v) is 9.20. The van der Waals surface area contributed by atoms with Gasteiger partial charge < -0.3 is 10.2 Å². The molecule has 0 fully saturated rings. The van der Waals surface area contributed by atoms with Crippen LogP contribution in [0.15, 0.2) is 15.5 Å². The van der Waals surface area contributed by atoms with Crippen LogP contribution in [-0.4, -0.2) is 57.6 Å². The average molecular weight is 379 g/mol. The van der Waals surface area contributed by atoms with Gasteiger partial charge in [-0.3, -0.25) is 9.00 Å². The third-order valence-corrected chi connectivity index (χ3v) is 5.31. The van der Waals surface area contributed by atoms with Crippen LogP contribution in [0.1, 0.15) is 13.3 Å². The van der Waals surface area contributed by atoms with Gasteiger partial charge in [0.05, 0.1) is 18.4 Å². The Hall–Kier alpha value is -0.730. The van der Waals surface area contributed by atoms with E-state index >= 15 is 0 Å². The smallest absolute Gasteiger partial charge is 0.283 e. The zero-order valence-electron chi connectivity index (χ0n) is 12.9. The maximum Gasteiger partial charge on any atom is 0.283 e. The van der Waals surface area contributed by atoms with Gasteiger partial charge in [-0.1, -0.05) is 6.92 Å². The summed E-state index contributed by atoms with van der Waals surface area (Å²) in [6, 6.07) is 0. The van der Waals surface area contributed by atoms with Crippen molar-refractivity contribution in [1.29, 1.82) is 0 Å². The highest BCUT2D eigenvalue weighted by Gasteiger charge is 2.10. The summed E-state index contributed by atoms with van der Waals surface area (Å²) in [5, 5.41) is 7.46. The standard InChI is InChI=1S/C13H23BrN4O2S/c1-10(21(4)20)5-6-15-11-9-16-18(8-7-17(2)3)13(19)12(11)14/h9-10,15H,5-8H2,1-4H3. The lowest BCUT2D eigenvalue weighted by Gasteiger charge is -2.13. The number of likely N-dealkylation sites (N-methyl/N-ethyl adjacent to an activating group) is 1. The first-order chi connectivity index (χ1) is 9.82. The molecule has 0 aliphatic carbocycles. The van der Waals surface area contributed by atoms with Gasteiger partial charge >= 0.3 is 0 Å². The molecule has 21 heavy (non-hydrogen) atoms. The molecule has 8 heteroatoms. The van der Waals surface area contributed by atoms with Crippen molar-refractivity contribution >= 4 is 32.4 Å². The van der Waals surface area contributed by atoms with Gasteiger partial charge in [-0.05, 0) is 36.4 Å². The molecule has 0 saturated carbocycles. The molecule has 0 saturated heterocycles. The van der Waals surface area contributed by atoms with E-state index in [1.807, 2.05) is 25.9 Å². The molecule has 0 aliphatic heterocycles. The van der Waals surface area contributed by atoms with Crippen molar-refractivity contribution in [3.63, 3.8) is 0 Å². The van der Waals surface area contributed by atoms with Gasteiger partial charge in [0.25, 0.3) is 5.56 Å². The van der Waals surface area contributed by atoms with Crippen LogP contribution in [0.4, 0.5) is 5.69 Å². The number of anilines is 1. The summed E-state index contributed by atoms with van der Waals surface area (Å²) in [4.78, 5) is 14.2. The molecule has 2 unspecified atom stereocenters. The van der Waals surface area contributed by atoms with E-state index in [-0.39, 0.29) is 10.8 Å². The molecule has 0 aromatic carbocycles. The highest BCUT2D eigenvalue weighted by molar-refractivity contribution is 9.10. The average Bonchev–Trinajstić information content (AvgIpc) is 2.42. The largest absolute Gasteiger partial charge is 0.383 e. The third-order valence-electron chi connectivity index (χ3n) is 3.18. The van der Waals surface area contributed by atoms with E-state index in [2.05, 4.69) is 26.3 Å². The summed E-state index contributed by atoms with van der Waals surface area (Å²) in [5.41, 5.74) is 0.532. The van der Waals surface area contributed by atoms with Crippen LogP contribution in [-0.2, 0) is 17.3 Å². The van der Waals surface area contributed by atoms with Gasteiger partial charge in [-0.2, -0.15) is 5.10 Å². The van der Waals surface area contributed by atoms with E-state index in [0.717, 1.165) is 13.0 Å². The highest BCUT2D eigenvalue weighted by atomic mass is 79.9. The van der Waals surface area contributed by atoms with Gasteiger partial charge in [-0.15, -0.1) is 0 Å². The van der Waals surface area contributed by atoms with Crippen molar-refractivity contribution in [3.05, 3.63) is 21.0 Å². The van der Waals surface area contributed by atoms with Crippen LogP contribution >= 0.6 is 15.9 Å². The van der Waals surface area contributed by atoms with Gasteiger partial charge in [0.15, 0.2) is 0 Å². The zero-order chi connectivity index (χ0) is 16.0. The van der Waals surface area contributed by atoms with E-state index in [1.54, 1.807) is 12.5 Å². The maximum atomic E-state index is 12.2. The predicted molar refractivity (Wildman–Crippen MR) is 91.4 cm³/mol. The lowest BCUT2D eigenvalue weighted by molar-refractivity contribution is 0.367. The molecule has 0 aliphatic rings. The Balaban J connectivity index is 2.67. The van der Waals surface area contributed by atoms with Crippen LogP contribution in [0.3, 0.4) is 0 Å². The second-order valence-electron chi connectivity index (χ2n) is 5.23. The molecule has 1 aromatic heterocycles. The number of nitrogens with one attached hydrogen (secondary N) is 1. The zero-order valence-corrected chi connectivity index (χ0v) is 15.3. The maximum absolute atomic E-state index is 12.2. The number of halogens is 1. The quantitative estimate of drug-likeness (QED) is 0.734. The minimum Gasteiger partial charge on any atom is -0.383 e. The molecule has 0 radical (unpaired) electrons. The minimum absolute atomic E-state index is 0.129. The SMILES string of the molecule is CC(CCNc1cnn(CCN(C)C)c(=O)c1Br)S(C)=O. The van der Waals surface area contributed by atoms with Crippen molar-refractivity contribution in [2.24, 2.45) is 0 Å². The number of rotatable bonds is 8. The fraction of sp³-hybridized carbons (Fsp3) is 0.692. The Morgan fingerprint density at radius 3 is 2.76 bits per heavy atom. The van der Waals surface area contributed by atoms with Gasteiger partial charge in [-0.25, -0.2) is 4.68 Å². The monoisotopic (exact) mass is 378 g/mol. The first kappa shape index (κ1) is 18.3. The molecule has 0 spiro atoms. The van der Waals surface area contributed by atoms with Crippen molar-refractivity contribution < 1.29 is 4.21 Å². The van der Waals surface area contributed by atoms with Gasteiger partial charge in [0, 0.05) is 35.4 Å². The Labute approximate surface area is 136 Å². The van der Waals surface area contributed by atoms with Crippen molar-refractivity contribution in [3.8, 4) is 0 Å². The lowest BCUT2D eigenvalue weighted by atomic mass is 10.3. The van der Waals surface area contributed by atoms with Crippen molar-refractivity contribution in [2.45, 2.75) is 25.1 Å². The Morgan fingerprint density at radius 1 is 1.52 bits per heavy atom. The Kier molecular flexibility index (Phi) is 7.55. The third kappa shape index (κ3) is 5.88. The molecule has 0 amide bonds. The first-order valence-electron chi connectivity index (χ1n) is 6.79. The number of aromatic nitrogens is 2. The molecule has 0 bridgehead atoms. The van der Waals surface area contributed by atoms with E-state index in [9.17, 15) is 9.00 Å². The lowest BCUT2D eigenvalue weighted by Crippen LogP contribution is -2.29. The van der Waals surface area contributed by atoms with E-state index in [4.69, 9.17) is 0 Å². The number of nitrogens with zero attached hydrogens (tertiary/aromatic N) is 3. The molecule has 1 aromatic rings. The molecule has 120 valence electrons. The van der Waals surface area contributed by atoms with Crippen LogP contribution in [0.25, 0.3) is 0 Å². The van der Waals surface area contributed by atoms with Gasteiger partial charge in [0.1, 0.15) is 4.47 Å². The molecule has 1 rings (SSSR count). The van der Waals surface area contributed by atoms with Gasteiger partial charge in [0.2, 0.25) is 0 Å². The van der Waals surface area contributed by atoms with E-state index in [1.165, 1.54) is 4.68 Å². The number of hydrogen-bond donors (Lipinski definition) is 1. The summed E-state index contributed by atoms with van der Waals surface area (Å²) in [7, 11) is 3.08. The van der Waals surface area contributed by atoms with Crippen LogP contribution < -0.4 is 10.9 Å². The fourth-order valence-corrected chi connectivity index (χ4v) is 2.52.